The number of nitrogens with zero attached hydrogens (tertiary/aromatic N) is 1. The molecular weight excluding hydrogens is 242 g/mol. The van der Waals surface area contributed by atoms with Crippen LogP contribution in [-0.4, -0.2) is 40.9 Å². The monoisotopic (exact) mass is 261 g/mol. The van der Waals surface area contributed by atoms with Crippen molar-refractivity contribution in [2.24, 2.45) is 5.92 Å². The fourth-order valence-corrected chi connectivity index (χ4v) is 2.21. The van der Waals surface area contributed by atoms with E-state index in [4.69, 9.17) is 0 Å². The van der Waals surface area contributed by atoms with Crippen molar-refractivity contribution in [3.05, 3.63) is 35.4 Å². The van der Waals surface area contributed by atoms with Crippen molar-refractivity contribution in [2.45, 2.75) is 26.4 Å². The number of Topliss-reactive ketones (excluding diaryl/α,β-unsaturated/α-hetero) is 1. The van der Waals surface area contributed by atoms with Crippen LogP contribution in [0.5, 0.6) is 0 Å². The normalized spacial score (nSPS) is 23.2. The van der Waals surface area contributed by atoms with Gasteiger partial charge in [0.2, 0.25) is 5.78 Å². The first-order valence-electron chi connectivity index (χ1n) is 6.57. The number of β-amino-alcohol motifs (C(OH)–C–C–N with tert-alkyl or cyclic N) is 1. The van der Waals surface area contributed by atoms with Crippen LogP contribution in [0.3, 0.4) is 0 Å². The molecule has 0 saturated carbocycles. The van der Waals surface area contributed by atoms with E-state index in [1.54, 1.807) is 12.1 Å². The minimum atomic E-state index is -0.538. The Morgan fingerprint density at radius 1 is 1.26 bits per heavy atom. The molecule has 1 N–H and O–H groups in total. The van der Waals surface area contributed by atoms with Gasteiger partial charge < -0.3 is 10.0 Å². The Morgan fingerprint density at radius 2 is 1.89 bits per heavy atom. The number of piperidine rings is 1. The molecular formula is C15H19NO3. The van der Waals surface area contributed by atoms with Gasteiger partial charge in [0.1, 0.15) is 0 Å². The zero-order valence-electron chi connectivity index (χ0n) is 11.3. The lowest BCUT2D eigenvalue weighted by Crippen LogP contribution is -2.48. The molecule has 2 atom stereocenters. The minimum absolute atomic E-state index is 0.179. The smallest absolute Gasteiger partial charge is 0.295 e. The average molecular weight is 261 g/mol. The molecule has 2 rings (SSSR count). The molecule has 1 aliphatic heterocycles. The number of ketones is 1. The molecule has 1 aromatic rings. The van der Waals surface area contributed by atoms with E-state index in [2.05, 4.69) is 0 Å². The summed E-state index contributed by atoms with van der Waals surface area (Å²) < 4.78 is 0. The molecule has 1 amide bonds. The van der Waals surface area contributed by atoms with Crippen molar-refractivity contribution >= 4 is 11.7 Å². The predicted octanol–water partition coefficient (Wildman–Crippen LogP) is 1.41. The van der Waals surface area contributed by atoms with Crippen LogP contribution in [0.2, 0.25) is 0 Å². The van der Waals surface area contributed by atoms with Crippen molar-refractivity contribution in [1.29, 1.82) is 0 Å². The fourth-order valence-electron chi connectivity index (χ4n) is 2.21. The Kier molecular flexibility index (Phi) is 4.00. The summed E-state index contributed by atoms with van der Waals surface area (Å²) in [5.74, 6) is -0.838. The first-order valence-corrected chi connectivity index (χ1v) is 6.57. The van der Waals surface area contributed by atoms with E-state index in [9.17, 15) is 14.7 Å². The number of carbonyl (C=O) groups excluding carboxylic acids is 2. The van der Waals surface area contributed by atoms with E-state index in [1.807, 2.05) is 26.0 Å². The van der Waals surface area contributed by atoms with Crippen LogP contribution in [0.1, 0.15) is 29.3 Å². The molecule has 1 aromatic carbocycles. The van der Waals surface area contributed by atoms with Gasteiger partial charge in [0.05, 0.1) is 6.10 Å². The maximum atomic E-state index is 12.1. The van der Waals surface area contributed by atoms with Gasteiger partial charge in [0.25, 0.3) is 5.91 Å². The fraction of sp³-hybridized carbons (Fsp3) is 0.467. The first-order chi connectivity index (χ1) is 8.99. The highest BCUT2D eigenvalue weighted by Crippen LogP contribution is 2.18. The summed E-state index contributed by atoms with van der Waals surface area (Å²) in [5.41, 5.74) is 1.45. The number of carbonyl (C=O) groups is 2. The molecule has 102 valence electrons. The second-order valence-corrected chi connectivity index (χ2v) is 5.28. The number of hydrogen-bond acceptors (Lipinski definition) is 3. The third-order valence-electron chi connectivity index (χ3n) is 3.71. The summed E-state index contributed by atoms with van der Waals surface area (Å²) in [6, 6.07) is 6.96. The van der Waals surface area contributed by atoms with Crippen molar-refractivity contribution in [3.63, 3.8) is 0 Å². The summed E-state index contributed by atoms with van der Waals surface area (Å²) in [7, 11) is 0. The van der Waals surface area contributed by atoms with E-state index in [1.165, 1.54) is 4.90 Å². The number of hydrogen-bond donors (Lipinski definition) is 1. The van der Waals surface area contributed by atoms with Crippen LogP contribution in [0.25, 0.3) is 0 Å². The largest absolute Gasteiger partial charge is 0.391 e. The van der Waals surface area contributed by atoms with Crippen LogP contribution < -0.4 is 0 Å². The standard InChI is InChI=1S/C15H19NO3/c1-10-3-5-12(6-4-10)14(18)15(19)16-8-7-11(2)13(17)9-16/h3-6,11,13,17H,7-9H2,1-2H3. The van der Waals surface area contributed by atoms with Gasteiger partial charge in [-0.15, -0.1) is 0 Å². The molecule has 0 spiro atoms. The zero-order chi connectivity index (χ0) is 14.0. The average Bonchev–Trinajstić information content (AvgIpc) is 2.41. The van der Waals surface area contributed by atoms with E-state index in [0.717, 1.165) is 12.0 Å². The Bertz CT molecular complexity index is 481. The Morgan fingerprint density at radius 3 is 2.47 bits per heavy atom. The van der Waals surface area contributed by atoms with E-state index < -0.39 is 17.8 Å². The molecule has 0 aliphatic carbocycles. The van der Waals surface area contributed by atoms with Gasteiger partial charge in [-0.3, -0.25) is 9.59 Å². The van der Waals surface area contributed by atoms with E-state index in [-0.39, 0.29) is 12.5 Å². The topological polar surface area (TPSA) is 57.6 Å². The molecule has 4 nitrogen and oxygen atoms in total. The van der Waals surface area contributed by atoms with Crippen LogP contribution in [0.4, 0.5) is 0 Å². The lowest BCUT2D eigenvalue weighted by molar-refractivity contribution is -0.130. The van der Waals surface area contributed by atoms with Crippen LogP contribution in [0.15, 0.2) is 24.3 Å². The van der Waals surface area contributed by atoms with Gasteiger partial charge in [-0.2, -0.15) is 0 Å². The molecule has 0 bridgehead atoms. The number of aliphatic hydroxyl groups excluding tert-OH is 1. The highest BCUT2D eigenvalue weighted by Gasteiger charge is 2.30. The maximum absolute atomic E-state index is 12.1. The molecule has 1 saturated heterocycles. The summed E-state index contributed by atoms with van der Waals surface area (Å²) in [6.07, 6.45) is 0.192. The third-order valence-corrected chi connectivity index (χ3v) is 3.71. The van der Waals surface area contributed by atoms with Gasteiger partial charge in [0.15, 0.2) is 0 Å². The molecule has 4 heteroatoms. The quantitative estimate of drug-likeness (QED) is 0.647. The van der Waals surface area contributed by atoms with Crippen molar-refractivity contribution in [3.8, 4) is 0 Å². The minimum Gasteiger partial charge on any atom is -0.391 e. The number of amides is 1. The summed E-state index contributed by atoms with van der Waals surface area (Å²) in [5, 5.41) is 9.78. The second-order valence-electron chi connectivity index (χ2n) is 5.28. The Hall–Kier alpha value is -1.68. The lowest BCUT2D eigenvalue weighted by atomic mass is 9.95. The SMILES string of the molecule is Cc1ccc(C(=O)C(=O)N2CCC(C)C(O)C2)cc1. The zero-order valence-corrected chi connectivity index (χ0v) is 11.3. The summed E-state index contributed by atoms with van der Waals surface area (Å²) in [4.78, 5) is 25.6. The van der Waals surface area contributed by atoms with Gasteiger partial charge in [-0.25, -0.2) is 0 Å². The lowest BCUT2D eigenvalue weighted by Gasteiger charge is -2.33. The van der Waals surface area contributed by atoms with Gasteiger partial charge in [-0.1, -0.05) is 36.8 Å². The van der Waals surface area contributed by atoms with Crippen molar-refractivity contribution in [1.82, 2.24) is 4.90 Å². The second kappa shape index (κ2) is 5.53. The highest BCUT2D eigenvalue weighted by molar-refractivity contribution is 6.42. The number of rotatable bonds is 2. The highest BCUT2D eigenvalue weighted by atomic mass is 16.3. The molecule has 2 unspecified atom stereocenters. The Balaban J connectivity index is 2.07. The van der Waals surface area contributed by atoms with Gasteiger partial charge in [-0.05, 0) is 19.3 Å². The molecule has 0 aromatic heterocycles. The third kappa shape index (κ3) is 3.01. The Labute approximate surface area is 113 Å². The number of aryl methyl sites for hydroxylation is 1. The van der Waals surface area contributed by atoms with E-state index in [0.29, 0.717) is 12.1 Å². The molecule has 1 fully saturated rings. The molecule has 1 aliphatic rings. The van der Waals surface area contributed by atoms with Crippen LogP contribution in [0, 0.1) is 12.8 Å². The maximum Gasteiger partial charge on any atom is 0.295 e. The van der Waals surface area contributed by atoms with Crippen LogP contribution in [-0.2, 0) is 4.79 Å². The van der Waals surface area contributed by atoms with Crippen LogP contribution >= 0.6 is 0 Å². The number of aliphatic hydroxyl groups is 1. The van der Waals surface area contributed by atoms with Gasteiger partial charge in [0, 0.05) is 18.7 Å². The van der Waals surface area contributed by atoms with Crippen molar-refractivity contribution in [2.75, 3.05) is 13.1 Å². The summed E-state index contributed by atoms with van der Waals surface area (Å²) in [6.45, 7) is 4.67. The van der Waals surface area contributed by atoms with Crippen molar-refractivity contribution < 1.29 is 14.7 Å². The molecule has 1 heterocycles. The number of likely N-dealkylation sites (tertiary alicyclic amines) is 1. The first kappa shape index (κ1) is 13.7. The van der Waals surface area contributed by atoms with Gasteiger partial charge >= 0.3 is 0 Å². The predicted molar refractivity (Wildman–Crippen MR) is 71.9 cm³/mol. The van der Waals surface area contributed by atoms with E-state index >= 15 is 0 Å². The molecule has 19 heavy (non-hydrogen) atoms. The summed E-state index contributed by atoms with van der Waals surface area (Å²) >= 11 is 0. The molecule has 0 radical (unpaired) electrons. The number of benzene rings is 1.